The molecule has 0 fully saturated rings. The third-order valence-corrected chi connectivity index (χ3v) is 6.43. The standard InChI is InChI=1S/C26H27N5O3/c1-18-15-29(14-13-19-9-5-3-6-10-19)25-27-23-22(30(25)16-18)24(33)31(26(34)28(23)2)17-21(32)20-11-7-4-8-12-20/h3-12,18H,13-17H2,1-2H3/t18-/m0/s1. The molecule has 34 heavy (non-hydrogen) atoms. The number of aryl methyl sites for hydroxylation is 1. The topological polar surface area (TPSA) is 82.1 Å². The molecule has 174 valence electrons. The van der Waals surface area contributed by atoms with E-state index in [2.05, 4.69) is 24.0 Å². The fraction of sp³-hybridized carbons (Fsp3) is 0.308. The maximum Gasteiger partial charge on any atom is 0.332 e. The van der Waals surface area contributed by atoms with Crippen LogP contribution in [0.5, 0.6) is 0 Å². The molecule has 4 aromatic rings. The van der Waals surface area contributed by atoms with E-state index in [1.807, 2.05) is 28.8 Å². The molecule has 3 heterocycles. The molecule has 0 bridgehead atoms. The van der Waals surface area contributed by atoms with Gasteiger partial charge in [-0.05, 0) is 17.9 Å². The summed E-state index contributed by atoms with van der Waals surface area (Å²) >= 11 is 0. The van der Waals surface area contributed by atoms with Gasteiger partial charge >= 0.3 is 5.69 Å². The summed E-state index contributed by atoms with van der Waals surface area (Å²) in [6, 6.07) is 19.0. The van der Waals surface area contributed by atoms with Gasteiger partial charge in [0.25, 0.3) is 5.56 Å². The number of rotatable bonds is 6. The zero-order valence-corrected chi connectivity index (χ0v) is 19.3. The Morgan fingerprint density at radius 2 is 1.68 bits per heavy atom. The van der Waals surface area contributed by atoms with E-state index in [-0.39, 0.29) is 12.3 Å². The molecule has 0 spiro atoms. The molecular formula is C26H27N5O3. The van der Waals surface area contributed by atoms with Gasteiger partial charge in [-0.25, -0.2) is 4.79 Å². The molecule has 2 aromatic carbocycles. The number of carbonyl (C=O) groups is 1. The third kappa shape index (κ3) is 3.85. The highest BCUT2D eigenvalue weighted by Gasteiger charge is 2.29. The average Bonchev–Trinajstić information content (AvgIpc) is 3.24. The Morgan fingerprint density at radius 1 is 1.00 bits per heavy atom. The molecule has 0 radical (unpaired) electrons. The van der Waals surface area contributed by atoms with Crippen molar-refractivity contribution in [1.29, 1.82) is 0 Å². The van der Waals surface area contributed by atoms with E-state index < -0.39 is 11.2 Å². The number of hydrogen-bond donors (Lipinski definition) is 0. The minimum Gasteiger partial charge on any atom is -0.342 e. The third-order valence-electron chi connectivity index (χ3n) is 6.43. The lowest BCUT2D eigenvalue weighted by molar-refractivity contribution is 0.0969. The largest absolute Gasteiger partial charge is 0.342 e. The Balaban J connectivity index is 1.56. The van der Waals surface area contributed by atoms with E-state index in [1.54, 1.807) is 31.3 Å². The van der Waals surface area contributed by atoms with Crippen molar-refractivity contribution in [3.8, 4) is 0 Å². The van der Waals surface area contributed by atoms with Crippen LogP contribution in [0.1, 0.15) is 22.8 Å². The first-order chi connectivity index (χ1) is 16.4. The fourth-order valence-corrected chi connectivity index (χ4v) is 4.70. The fourth-order valence-electron chi connectivity index (χ4n) is 4.70. The van der Waals surface area contributed by atoms with Crippen molar-refractivity contribution in [2.45, 2.75) is 26.4 Å². The van der Waals surface area contributed by atoms with Gasteiger partial charge in [0, 0.05) is 32.2 Å². The summed E-state index contributed by atoms with van der Waals surface area (Å²) < 4.78 is 4.32. The first-order valence-corrected chi connectivity index (χ1v) is 11.5. The normalized spacial score (nSPS) is 15.5. The van der Waals surface area contributed by atoms with Crippen LogP contribution in [0.15, 0.2) is 70.3 Å². The summed E-state index contributed by atoms with van der Waals surface area (Å²) in [6.45, 7) is 4.05. The Kier molecular flexibility index (Phi) is 5.65. The molecule has 0 saturated heterocycles. The molecular weight excluding hydrogens is 430 g/mol. The van der Waals surface area contributed by atoms with Gasteiger partial charge in [0.05, 0.1) is 6.54 Å². The van der Waals surface area contributed by atoms with Crippen LogP contribution >= 0.6 is 0 Å². The monoisotopic (exact) mass is 457 g/mol. The van der Waals surface area contributed by atoms with Crippen LogP contribution in [0.3, 0.4) is 0 Å². The van der Waals surface area contributed by atoms with Crippen molar-refractivity contribution in [1.82, 2.24) is 18.7 Å². The number of ketones is 1. The predicted octanol–water partition coefficient (Wildman–Crippen LogP) is 2.48. The van der Waals surface area contributed by atoms with E-state index in [9.17, 15) is 14.4 Å². The highest BCUT2D eigenvalue weighted by atomic mass is 16.2. The number of nitrogens with zero attached hydrogens (tertiary/aromatic N) is 5. The molecule has 1 atom stereocenters. The highest BCUT2D eigenvalue weighted by Crippen LogP contribution is 2.27. The zero-order chi connectivity index (χ0) is 23.8. The Hall–Kier alpha value is -3.94. The van der Waals surface area contributed by atoms with Gasteiger partial charge in [0.2, 0.25) is 5.95 Å². The summed E-state index contributed by atoms with van der Waals surface area (Å²) in [5.41, 5.74) is 1.41. The number of hydrogen-bond acceptors (Lipinski definition) is 5. The molecule has 0 unspecified atom stereocenters. The van der Waals surface area contributed by atoms with Crippen molar-refractivity contribution in [2.75, 3.05) is 18.0 Å². The van der Waals surface area contributed by atoms with Crippen molar-refractivity contribution < 1.29 is 4.79 Å². The molecule has 8 heteroatoms. The summed E-state index contributed by atoms with van der Waals surface area (Å²) in [5, 5.41) is 0. The molecule has 5 rings (SSSR count). The number of carbonyl (C=O) groups excluding carboxylic acids is 1. The van der Waals surface area contributed by atoms with Gasteiger partial charge in [-0.3, -0.25) is 18.7 Å². The maximum absolute atomic E-state index is 13.5. The van der Waals surface area contributed by atoms with E-state index in [1.165, 1.54) is 10.1 Å². The highest BCUT2D eigenvalue weighted by molar-refractivity contribution is 5.95. The second-order valence-corrected chi connectivity index (χ2v) is 9.00. The second-order valence-electron chi connectivity index (χ2n) is 9.00. The lowest BCUT2D eigenvalue weighted by Crippen LogP contribution is -2.42. The van der Waals surface area contributed by atoms with Crippen molar-refractivity contribution in [3.63, 3.8) is 0 Å². The Morgan fingerprint density at radius 3 is 2.38 bits per heavy atom. The molecule has 0 amide bonds. The Bertz CT molecular complexity index is 1470. The second kappa shape index (κ2) is 8.78. The van der Waals surface area contributed by atoms with Crippen LogP contribution in [-0.2, 0) is 26.6 Å². The van der Waals surface area contributed by atoms with Gasteiger partial charge < -0.3 is 9.47 Å². The number of aromatic nitrogens is 4. The molecule has 2 aromatic heterocycles. The summed E-state index contributed by atoms with van der Waals surface area (Å²) in [6.07, 6.45) is 0.853. The minimum atomic E-state index is -0.541. The molecule has 1 aliphatic rings. The Labute approximate surface area is 196 Å². The predicted molar refractivity (Wildman–Crippen MR) is 132 cm³/mol. The quantitative estimate of drug-likeness (QED) is 0.416. The van der Waals surface area contributed by atoms with Crippen LogP contribution in [-0.4, -0.2) is 37.6 Å². The van der Waals surface area contributed by atoms with Crippen molar-refractivity contribution in [3.05, 3.63) is 92.6 Å². The van der Waals surface area contributed by atoms with Crippen LogP contribution in [0.4, 0.5) is 5.95 Å². The van der Waals surface area contributed by atoms with Crippen molar-refractivity contribution >= 4 is 22.9 Å². The molecule has 0 saturated carbocycles. The average molecular weight is 458 g/mol. The number of benzene rings is 2. The lowest BCUT2D eigenvalue weighted by Gasteiger charge is -2.33. The van der Waals surface area contributed by atoms with Crippen LogP contribution in [0.2, 0.25) is 0 Å². The summed E-state index contributed by atoms with van der Waals surface area (Å²) in [4.78, 5) is 46.3. The first-order valence-electron chi connectivity index (χ1n) is 11.5. The molecule has 0 N–H and O–H groups in total. The van der Waals surface area contributed by atoms with Gasteiger partial charge in [-0.15, -0.1) is 0 Å². The van der Waals surface area contributed by atoms with Crippen LogP contribution < -0.4 is 16.1 Å². The number of Topliss-reactive ketones (excluding diaryl/α,β-unsaturated/α-hetero) is 1. The van der Waals surface area contributed by atoms with E-state index in [4.69, 9.17) is 4.98 Å². The molecule has 1 aliphatic heterocycles. The lowest BCUT2D eigenvalue weighted by atomic mass is 10.1. The van der Waals surface area contributed by atoms with Crippen molar-refractivity contribution in [2.24, 2.45) is 13.0 Å². The molecule has 8 nitrogen and oxygen atoms in total. The minimum absolute atomic E-state index is 0.282. The van der Waals surface area contributed by atoms with E-state index in [0.29, 0.717) is 35.1 Å². The SMILES string of the molecule is C[C@H]1CN(CCc2ccccc2)c2nc3c(c(=O)n(CC(=O)c4ccccc4)c(=O)n3C)n2C1. The van der Waals surface area contributed by atoms with Crippen LogP contribution in [0.25, 0.3) is 11.2 Å². The summed E-state index contributed by atoms with van der Waals surface area (Å²) in [7, 11) is 1.60. The van der Waals surface area contributed by atoms with E-state index in [0.717, 1.165) is 24.1 Å². The smallest absolute Gasteiger partial charge is 0.332 e. The van der Waals surface area contributed by atoms with E-state index >= 15 is 0 Å². The van der Waals surface area contributed by atoms with Crippen LogP contribution in [0, 0.1) is 5.92 Å². The van der Waals surface area contributed by atoms with Gasteiger partial charge in [0.1, 0.15) is 0 Å². The number of fused-ring (bicyclic) bond motifs is 3. The van der Waals surface area contributed by atoms with Gasteiger partial charge in [-0.1, -0.05) is 67.6 Å². The number of imidazole rings is 1. The maximum atomic E-state index is 13.5. The first kappa shape index (κ1) is 21.9. The number of anilines is 1. The zero-order valence-electron chi connectivity index (χ0n) is 19.3. The van der Waals surface area contributed by atoms with Gasteiger partial charge in [-0.2, -0.15) is 4.98 Å². The van der Waals surface area contributed by atoms with Gasteiger partial charge in [0.15, 0.2) is 16.9 Å². The molecule has 0 aliphatic carbocycles. The summed E-state index contributed by atoms with van der Waals surface area (Å²) in [5.74, 6) is 0.718.